The highest BCUT2D eigenvalue weighted by molar-refractivity contribution is 5.40. The first kappa shape index (κ1) is 14.2. The van der Waals surface area contributed by atoms with Crippen molar-refractivity contribution in [2.24, 2.45) is 0 Å². The van der Waals surface area contributed by atoms with Gasteiger partial charge in [-0.3, -0.25) is 0 Å². The van der Waals surface area contributed by atoms with Gasteiger partial charge in [0.05, 0.1) is 11.8 Å². The van der Waals surface area contributed by atoms with Gasteiger partial charge in [-0.25, -0.2) is 0 Å². The van der Waals surface area contributed by atoms with E-state index in [1.54, 1.807) is 0 Å². The molecule has 0 bridgehead atoms. The maximum Gasteiger partial charge on any atom is 0.420 e. The Hall–Kier alpha value is -2.19. The molecule has 1 heterocycles. The predicted molar refractivity (Wildman–Crippen MR) is 53.5 cm³/mol. The molecule has 0 amide bonds. The van der Waals surface area contributed by atoms with E-state index in [-0.39, 0.29) is 6.07 Å². The van der Waals surface area contributed by atoms with Crippen LogP contribution in [-0.4, -0.2) is 9.94 Å². The normalized spacial score (nSPS) is 12.5. The number of hydrogen-bond donors (Lipinski definition) is 0. The number of alkyl halides is 6. The molecule has 0 aliphatic carbocycles. The highest BCUT2D eigenvalue weighted by Crippen LogP contribution is 2.40. The summed E-state index contributed by atoms with van der Waals surface area (Å²) >= 11 is 0. The molecule has 0 saturated carbocycles. The minimum atomic E-state index is -4.85. The molecule has 1 aromatic heterocycles. The summed E-state index contributed by atoms with van der Waals surface area (Å²) in [5.41, 5.74) is -2.59. The Morgan fingerprint density at radius 3 is 2.25 bits per heavy atom. The molecule has 0 saturated heterocycles. The van der Waals surface area contributed by atoms with Gasteiger partial charge in [0.1, 0.15) is 11.8 Å². The van der Waals surface area contributed by atoms with Crippen molar-refractivity contribution in [3.05, 3.63) is 47.8 Å². The van der Waals surface area contributed by atoms with Gasteiger partial charge in [-0.1, -0.05) is 4.85 Å². The second-order valence-corrected chi connectivity index (χ2v) is 3.65. The highest BCUT2D eigenvalue weighted by atomic mass is 19.4. The van der Waals surface area contributed by atoms with E-state index >= 15 is 0 Å². The lowest BCUT2D eigenvalue weighted by Gasteiger charge is -2.15. The van der Waals surface area contributed by atoms with E-state index in [1.165, 1.54) is 6.07 Å². The molecule has 2 aromatic rings. The van der Waals surface area contributed by atoms with Crippen molar-refractivity contribution in [3.8, 4) is 5.75 Å². The van der Waals surface area contributed by atoms with Crippen LogP contribution >= 0.6 is 0 Å². The summed E-state index contributed by atoms with van der Waals surface area (Å²) < 4.78 is 75.6. The minimum Gasteiger partial charge on any atom is -0.357 e. The van der Waals surface area contributed by atoms with Gasteiger partial charge in [-0.15, -0.1) is 5.10 Å². The molecule has 1 radical (unpaired) electrons. The summed E-state index contributed by atoms with van der Waals surface area (Å²) in [6.45, 7) is 0. The minimum absolute atomic E-state index is 0.268. The molecule has 1 aromatic carbocycles. The van der Waals surface area contributed by atoms with Crippen LogP contribution in [0.1, 0.15) is 11.1 Å². The van der Waals surface area contributed by atoms with E-state index in [4.69, 9.17) is 0 Å². The summed E-state index contributed by atoms with van der Waals surface area (Å²) in [7, 11) is 0. The summed E-state index contributed by atoms with van der Waals surface area (Å²) in [4.78, 5) is 5.24. The van der Waals surface area contributed by atoms with Crippen molar-refractivity contribution >= 4 is 0 Å². The molecule has 107 valence electrons. The molecule has 3 nitrogen and oxygen atoms in total. The van der Waals surface area contributed by atoms with Gasteiger partial charge in [-0.05, 0) is 24.3 Å². The van der Waals surface area contributed by atoms with Crippen LogP contribution in [0.5, 0.6) is 5.75 Å². The topological polar surface area (TPSA) is 27.1 Å². The van der Waals surface area contributed by atoms with Gasteiger partial charge in [0.15, 0.2) is 5.75 Å². The summed E-state index contributed by atoms with van der Waals surface area (Å²) in [5.74, 6) is -0.996. The van der Waals surface area contributed by atoms with Crippen LogP contribution in [0.2, 0.25) is 0 Å². The van der Waals surface area contributed by atoms with Gasteiger partial charge in [0.2, 0.25) is 0 Å². The van der Waals surface area contributed by atoms with E-state index in [1.807, 2.05) is 0 Å². The van der Waals surface area contributed by atoms with Crippen molar-refractivity contribution in [2.75, 3.05) is 0 Å². The lowest BCUT2D eigenvalue weighted by Crippen LogP contribution is -2.14. The molecule has 0 spiro atoms. The SMILES string of the molecule is FC(F)(F)c1ccc(C(F)(F)F)c(On2cc[c]n2)c1. The van der Waals surface area contributed by atoms with E-state index in [0.29, 0.717) is 17.0 Å². The van der Waals surface area contributed by atoms with Crippen molar-refractivity contribution in [1.29, 1.82) is 0 Å². The Bertz CT molecular complexity index is 588. The van der Waals surface area contributed by atoms with Crippen LogP contribution in [0, 0.1) is 6.20 Å². The van der Waals surface area contributed by atoms with Crippen LogP contribution in [0.15, 0.2) is 30.5 Å². The molecule has 0 unspecified atom stereocenters. The van der Waals surface area contributed by atoms with Gasteiger partial charge < -0.3 is 4.84 Å². The van der Waals surface area contributed by atoms with Crippen molar-refractivity contribution in [2.45, 2.75) is 12.4 Å². The fourth-order valence-corrected chi connectivity index (χ4v) is 1.38. The van der Waals surface area contributed by atoms with Crippen LogP contribution in [-0.2, 0) is 12.4 Å². The largest absolute Gasteiger partial charge is 0.420 e. The molecule has 2 rings (SSSR count). The maximum absolute atomic E-state index is 12.7. The fourth-order valence-electron chi connectivity index (χ4n) is 1.38. The van der Waals surface area contributed by atoms with Crippen LogP contribution in [0.25, 0.3) is 0 Å². The summed E-state index contributed by atoms with van der Waals surface area (Å²) in [6.07, 6.45) is -6.29. The summed E-state index contributed by atoms with van der Waals surface area (Å²) in [6, 6.07) is 2.14. The van der Waals surface area contributed by atoms with E-state index in [0.717, 1.165) is 6.20 Å². The molecule has 0 fully saturated rings. The summed E-state index contributed by atoms with van der Waals surface area (Å²) in [5, 5.41) is 3.35. The Kier molecular flexibility index (Phi) is 3.36. The molecule has 0 atom stereocenters. The number of halogens is 6. The third-order valence-corrected chi connectivity index (χ3v) is 2.24. The standard InChI is InChI=1S/C11H5F6N2O/c12-10(13,14)7-2-3-8(11(15,16)17)9(6-7)20-19-5-1-4-18-19/h1-3,5-6H. The van der Waals surface area contributed by atoms with Crippen LogP contribution in [0.3, 0.4) is 0 Å². The molecular weight excluding hydrogens is 290 g/mol. The Morgan fingerprint density at radius 1 is 1.05 bits per heavy atom. The van der Waals surface area contributed by atoms with Crippen LogP contribution in [0.4, 0.5) is 26.3 Å². The molecule has 0 N–H and O–H groups in total. The third kappa shape index (κ3) is 3.03. The van der Waals surface area contributed by atoms with Gasteiger partial charge in [0, 0.05) is 0 Å². The van der Waals surface area contributed by atoms with E-state index in [2.05, 4.69) is 16.1 Å². The second kappa shape index (κ2) is 4.73. The Morgan fingerprint density at radius 2 is 1.75 bits per heavy atom. The van der Waals surface area contributed by atoms with Crippen molar-refractivity contribution in [1.82, 2.24) is 9.94 Å². The zero-order valence-corrected chi connectivity index (χ0v) is 9.46. The second-order valence-electron chi connectivity index (χ2n) is 3.65. The first-order valence-corrected chi connectivity index (χ1v) is 5.06. The lowest BCUT2D eigenvalue weighted by atomic mass is 10.1. The fraction of sp³-hybridized carbons (Fsp3) is 0.182. The number of hydrogen-bond acceptors (Lipinski definition) is 2. The zero-order valence-electron chi connectivity index (χ0n) is 9.46. The molecule has 0 aliphatic rings. The van der Waals surface area contributed by atoms with Crippen molar-refractivity contribution in [3.63, 3.8) is 0 Å². The zero-order chi connectivity index (χ0) is 15.0. The average Bonchev–Trinajstić information content (AvgIpc) is 2.79. The average molecular weight is 295 g/mol. The first-order chi connectivity index (χ1) is 9.18. The van der Waals surface area contributed by atoms with E-state index in [9.17, 15) is 26.3 Å². The lowest BCUT2D eigenvalue weighted by molar-refractivity contribution is -0.143. The molecular formula is C11H5F6N2O. The number of aromatic nitrogens is 2. The van der Waals surface area contributed by atoms with Gasteiger partial charge >= 0.3 is 12.4 Å². The maximum atomic E-state index is 12.7. The smallest absolute Gasteiger partial charge is 0.357 e. The quantitative estimate of drug-likeness (QED) is 0.792. The highest BCUT2D eigenvalue weighted by Gasteiger charge is 2.38. The molecule has 20 heavy (non-hydrogen) atoms. The number of benzene rings is 1. The van der Waals surface area contributed by atoms with Gasteiger partial charge in [0.25, 0.3) is 0 Å². The predicted octanol–water partition coefficient (Wildman–Crippen LogP) is 3.56. The third-order valence-electron chi connectivity index (χ3n) is 2.24. The monoisotopic (exact) mass is 295 g/mol. The number of nitrogens with zero attached hydrogens (tertiary/aromatic N) is 2. The number of rotatable bonds is 2. The van der Waals surface area contributed by atoms with Gasteiger partial charge in [-0.2, -0.15) is 26.3 Å². The molecule has 9 heteroatoms. The van der Waals surface area contributed by atoms with E-state index < -0.39 is 29.2 Å². The molecule has 0 aliphatic heterocycles. The van der Waals surface area contributed by atoms with Crippen molar-refractivity contribution < 1.29 is 31.2 Å². The first-order valence-electron chi connectivity index (χ1n) is 5.06. The van der Waals surface area contributed by atoms with Crippen LogP contribution < -0.4 is 4.84 Å². The Balaban J connectivity index is 2.48. The Labute approximate surface area is 108 Å².